The van der Waals surface area contributed by atoms with E-state index in [1.54, 1.807) is 68.4 Å². The number of aromatic amines is 1. The molecule has 2 aromatic carbocycles. The van der Waals surface area contributed by atoms with Crippen molar-refractivity contribution in [1.82, 2.24) is 52.8 Å². The summed E-state index contributed by atoms with van der Waals surface area (Å²) < 4.78 is 6.09. The summed E-state index contributed by atoms with van der Waals surface area (Å²) in [5, 5.41) is 76.7. The molecule has 9 amide bonds. The zero-order valence-corrected chi connectivity index (χ0v) is 48.8. The molecule has 28 heteroatoms. The number of cyclic esters (lactones) is 1. The number of aromatic nitrogens is 1. The molecule has 3 aromatic rings. The predicted molar refractivity (Wildman–Crippen MR) is 309 cm³/mol. The van der Waals surface area contributed by atoms with Crippen molar-refractivity contribution < 1.29 is 78.2 Å². The lowest BCUT2D eigenvalue weighted by Gasteiger charge is -2.34. The van der Waals surface area contributed by atoms with E-state index in [4.69, 9.17) is 16.2 Å². The topological polar surface area (TPSA) is 457 Å². The van der Waals surface area contributed by atoms with E-state index >= 15 is 0 Å². The number of rotatable bonds is 16. The molecule has 19 N–H and O–H groups in total. The first-order chi connectivity index (χ1) is 40.2. The van der Waals surface area contributed by atoms with Crippen molar-refractivity contribution in [2.75, 3.05) is 19.8 Å². The summed E-state index contributed by atoms with van der Waals surface area (Å²) in [5.41, 5.74) is 11.6. The number of allylic oxidation sites excluding steroid dienone is 1. The smallest absolute Gasteiger partial charge is 0.329 e. The molecule has 1 fully saturated rings. The third kappa shape index (κ3) is 18.9. The van der Waals surface area contributed by atoms with Gasteiger partial charge in [-0.15, -0.1) is 0 Å². The summed E-state index contributed by atoms with van der Waals surface area (Å²) in [5.74, 6) is -15.1. The fourth-order valence-electron chi connectivity index (χ4n) is 8.79. The third-order valence-electron chi connectivity index (χ3n) is 14.2. The van der Waals surface area contributed by atoms with E-state index in [-0.39, 0.29) is 31.4 Å². The first kappa shape index (κ1) is 69.2. The minimum atomic E-state index is -2.00. The average molecular weight is 1190 g/mol. The molecule has 1 aliphatic heterocycles. The highest BCUT2D eigenvalue weighted by molar-refractivity contribution is 6.08. The van der Waals surface area contributed by atoms with Gasteiger partial charge in [-0.25, -0.2) is 4.79 Å². The largest absolute Gasteiger partial charge is 0.505 e. The molecule has 85 heavy (non-hydrogen) atoms. The van der Waals surface area contributed by atoms with Crippen LogP contribution in [0.15, 0.2) is 78.3 Å². The van der Waals surface area contributed by atoms with Crippen molar-refractivity contribution in [2.45, 2.75) is 148 Å². The van der Waals surface area contributed by atoms with Crippen LogP contribution in [0.5, 0.6) is 0 Å². The van der Waals surface area contributed by atoms with E-state index < -0.39 is 174 Å². The monoisotopic (exact) mass is 1190 g/mol. The van der Waals surface area contributed by atoms with Crippen LogP contribution in [0.25, 0.3) is 16.7 Å². The number of hydrogen-bond acceptors (Lipinski definition) is 18. The van der Waals surface area contributed by atoms with Gasteiger partial charge in [0.15, 0.2) is 5.76 Å². The molecule has 2 heterocycles. The first-order valence-corrected chi connectivity index (χ1v) is 27.9. The van der Waals surface area contributed by atoms with E-state index in [2.05, 4.69) is 52.8 Å². The molecule has 12 unspecified atom stereocenters. The second-order valence-corrected chi connectivity index (χ2v) is 21.3. The Morgan fingerprint density at radius 3 is 1.88 bits per heavy atom. The van der Waals surface area contributed by atoms with Crippen molar-refractivity contribution in [2.24, 2.45) is 29.2 Å². The van der Waals surface area contributed by atoms with Crippen LogP contribution >= 0.6 is 0 Å². The summed E-state index contributed by atoms with van der Waals surface area (Å²) in [6, 6.07) is 0.426. The number of benzene rings is 2. The molecular formula is C57H82N12O16. The number of amides is 9. The van der Waals surface area contributed by atoms with Gasteiger partial charge in [0.25, 0.3) is 11.8 Å². The number of fused-ring (bicyclic) bond motifs is 1. The molecule has 12 atom stereocenters. The Hall–Kier alpha value is -8.28. The molecule has 0 saturated carbocycles. The Labute approximate surface area is 491 Å². The zero-order chi connectivity index (χ0) is 63.4. The number of H-pyrrole nitrogens is 1. The van der Waals surface area contributed by atoms with Crippen LogP contribution in [0.2, 0.25) is 0 Å². The van der Waals surface area contributed by atoms with Crippen LogP contribution in [-0.2, 0) is 59.1 Å². The van der Waals surface area contributed by atoms with E-state index in [9.17, 15) is 73.5 Å². The van der Waals surface area contributed by atoms with Crippen molar-refractivity contribution >= 4 is 75.8 Å². The van der Waals surface area contributed by atoms with Gasteiger partial charge in [-0.05, 0) is 62.6 Å². The average Bonchev–Trinajstić information content (AvgIpc) is 3.29. The van der Waals surface area contributed by atoms with Gasteiger partial charge in [0.2, 0.25) is 41.4 Å². The van der Waals surface area contributed by atoms with Gasteiger partial charge in [-0.1, -0.05) is 103 Å². The minimum absolute atomic E-state index is 0.0270. The number of carbonyl (C=O) groups excluding carboxylic acids is 10. The molecule has 1 aliphatic rings. The van der Waals surface area contributed by atoms with E-state index in [0.29, 0.717) is 22.9 Å². The fourth-order valence-corrected chi connectivity index (χ4v) is 8.79. The summed E-state index contributed by atoms with van der Waals surface area (Å²) >= 11 is 0. The highest BCUT2D eigenvalue weighted by Gasteiger charge is 2.42. The molecule has 0 spiro atoms. The van der Waals surface area contributed by atoms with Gasteiger partial charge in [0.1, 0.15) is 59.8 Å². The van der Waals surface area contributed by atoms with Crippen LogP contribution in [0.4, 0.5) is 0 Å². The normalized spacial score (nSPS) is 25.1. The maximum Gasteiger partial charge on any atom is 0.329 e. The highest BCUT2D eigenvalue weighted by atomic mass is 16.5. The van der Waals surface area contributed by atoms with E-state index in [1.807, 2.05) is 0 Å². The Bertz CT molecular complexity index is 2910. The third-order valence-corrected chi connectivity index (χ3v) is 14.2. The number of ether oxygens (including phenoxy) is 1. The summed E-state index contributed by atoms with van der Waals surface area (Å²) in [6.45, 7) is 9.39. The molecular weight excluding hydrogens is 1110 g/mol. The molecule has 466 valence electrons. The van der Waals surface area contributed by atoms with Crippen LogP contribution in [0.1, 0.15) is 85.8 Å². The van der Waals surface area contributed by atoms with Crippen molar-refractivity contribution in [3.8, 4) is 0 Å². The second-order valence-electron chi connectivity index (χ2n) is 21.3. The number of para-hydroxylation sites is 1. The van der Waals surface area contributed by atoms with Crippen LogP contribution in [-0.4, -0.2) is 176 Å². The number of nitrogens with two attached hydrogens (primary N) is 2. The Kier molecular flexibility index (Phi) is 26.6. The first-order valence-electron chi connectivity index (χ1n) is 27.9. The summed E-state index contributed by atoms with van der Waals surface area (Å²) in [6.07, 6.45) is -2.87. The number of aliphatic hydroxyl groups is 5. The van der Waals surface area contributed by atoms with Gasteiger partial charge < -0.3 is 94.6 Å². The number of esters is 1. The Morgan fingerprint density at radius 1 is 0.706 bits per heavy atom. The molecule has 1 aromatic heterocycles. The van der Waals surface area contributed by atoms with Gasteiger partial charge in [0, 0.05) is 29.1 Å². The van der Waals surface area contributed by atoms with Gasteiger partial charge in [-0.3, -0.25) is 43.2 Å². The Balaban J connectivity index is 1.98. The predicted octanol–water partition coefficient (Wildman–Crippen LogP) is -2.76. The number of carbonyl (C=O) groups is 10. The van der Waals surface area contributed by atoms with Crippen molar-refractivity contribution in [1.29, 1.82) is 0 Å². The van der Waals surface area contributed by atoms with Crippen LogP contribution in [0.3, 0.4) is 0 Å². The summed E-state index contributed by atoms with van der Waals surface area (Å²) in [7, 11) is 0. The van der Waals surface area contributed by atoms with Gasteiger partial charge in [0.05, 0.1) is 31.5 Å². The molecule has 1 saturated heterocycles. The van der Waals surface area contributed by atoms with E-state index in [0.717, 1.165) is 13.0 Å². The minimum Gasteiger partial charge on any atom is -0.505 e. The zero-order valence-electron chi connectivity index (χ0n) is 48.8. The highest BCUT2D eigenvalue weighted by Crippen LogP contribution is 2.26. The fraction of sp³-hybridized carbons (Fsp3) is 0.509. The van der Waals surface area contributed by atoms with Crippen LogP contribution in [0, 0.1) is 17.8 Å². The number of aliphatic hydroxyl groups excluding tert-OH is 5. The standard InChI is InChI=1S/C57H82N12O16/c1-9-29(7)40(59)52(79)69-44-47(28(5)6)85-57(84)37(23-31-17-12-11-13-18-31)63-49(76)36(21-16-22-58)62-55(82)43(46(74)33-24-60-35-20-15-14-19-32(33)35)68-50(77)38(25-70)64-48(75)34(10-2)61-54(81)42(45(73)27(3)4)67-51(78)39(26-71)65-53(80)41(30(8)72)66-56(44)83/h10-15,17-20,24,27-30,36-42,44-45,47,60,70-74H,9,16,21-23,25-26,58-59H2,1-8H3,(H,61,81)(H,62,82)(H,63,76)(H,64,75)(H,65,80)(H,66,83)(H,67,78)(H,68,77)(H,69,79)/b34-10-,46-43+. The number of hydrogen-bond donors (Lipinski definition) is 17. The summed E-state index contributed by atoms with van der Waals surface area (Å²) in [4.78, 5) is 146. The Morgan fingerprint density at radius 2 is 1.29 bits per heavy atom. The van der Waals surface area contributed by atoms with E-state index in [1.165, 1.54) is 40.8 Å². The second kappa shape index (κ2) is 32.7. The maximum absolute atomic E-state index is 14.8. The molecule has 0 radical (unpaired) electrons. The lowest BCUT2D eigenvalue weighted by Crippen LogP contribution is -2.65. The van der Waals surface area contributed by atoms with Crippen LogP contribution < -0.4 is 59.3 Å². The maximum atomic E-state index is 14.8. The number of nitrogens with one attached hydrogen (secondary N) is 10. The van der Waals surface area contributed by atoms with Gasteiger partial charge in [-0.2, -0.15) is 0 Å². The van der Waals surface area contributed by atoms with Crippen molar-refractivity contribution in [3.63, 3.8) is 0 Å². The van der Waals surface area contributed by atoms with Crippen molar-refractivity contribution in [3.05, 3.63) is 89.4 Å². The molecule has 28 nitrogen and oxygen atoms in total. The lowest BCUT2D eigenvalue weighted by molar-refractivity contribution is -0.160. The lowest BCUT2D eigenvalue weighted by atomic mass is 9.95. The molecule has 0 bridgehead atoms. The SMILES string of the molecule is C/C=C1\NC(=O)C(C(O)C(C)C)NC(=O)C(CO)NC(=O)C(C(C)O)NC(=O)C(NC(=O)C(N)C(C)CC)C(C(C)C)OC(=O)C(Cc2ccccc2)NC(=O)C(CCCN)NC(=O)/C(=C(\O)c2c[nH]c3ccccc23)NC(=O)C(CO)NC1=O. The quantitative estimate of drug-likeness (QED) is 0.0393. The van der Waals surface area contributed by atoms with Gasteiger partial charge >= 0.3 is 5.97 Å². The molecule has 4 rings (SSSR count). The molecule has 0 aliphatic carbocycles.